The molecule has 124 valence electrons. The maximum absolute atomic E-state index is 12.8. The molecule has 8 heteroatoms. The minimum atomic E-state index is -3.20. The summed E-state index contributed by atoms with van der Waals surface area (Å²) in [6, 6.07) is 7.36. The molecule has 1 aliphatic heterocycles. The number of fused-ring (bicyclic) bond motifs is 1. The van der Waals surface area contributed by atoms with E-state index in [1.165, 1.54) is 10.6 Å². The van der Waals surface area contributed by atoms with E-state index >= 15 is 0 Å². The van der Waals surface area contributed by atoms with Crippen LogP contribution < -0.4 is 0 Å². The molecule has 3 rings (SSSR count). The molecule has 1 saturated heterocycles. The zero-order valence-electron chi connectivity index (χ0n) is 13.0. The number of benzene rings is 1. The summed E-state index contributed by atoms with van der Waals surface area (Å²) in [4.78, 5) is 14.4. The summed E-state index contributed by atoms with van der Waals surface area (Å²) in [5.41, 5.74) is 1.46. The lowest BCUT2D eigenvalue weighted by molar-refractivity contribution is 0.0689. The molecule has 0 saturated carbocycles. The molecule has 0 aliphatic carbocycles. The summed E-state index contributed by atoms with van der Waals surface area (Å²) in [7, 11) is -1.37. The van der Waals surface area contributed by atoms with Crippen LogP contribution in [0.15, 0.2) is 24.3 Å². The fourth-order valence-corrected chi connectivity index (χ4v) is 3.97. The summed E-state index contributed by atoms with van der Waals surface area (Å²) >= 11 is 6.19. The molecule has 0 radical (unpaired) electrons. The number of sulfonamides is 1. The summed E-state index contributed by atoms with van der Waals surface area (Å²) in [5, 5.41) is 1.45. The van der Waals surface area contributed by atoms with Gasteiger partial charge in [0.2, 0.25) is 10.0 Å². The van der Waals surface area contributed by atoms with Crippen molar-refractivity contribution in [2.75, 3.05) is 32.4 Å². The Labute approximate surface area is 140 Å². The Kier molecular flexibility index (Phi) is 4.12. The smallest absolute Gasteiger partial charge is 0.270 e. The van der Waals surface area contributed by atoms with Gasteiger partial charge >= 0.3 is 0 Å². The van der Waals surface area contributed by atoms with Crippen molar-refractivity contribution < 1.29 is 13.2 Å². The zero-order valence-corrected chi connectivity index (χ0v) is 14.6. The number of hydrogen-bond acceptors (Lipinski definition) is 3. The molecule has 2 aromatic rings. The van der Waals surface area contributed by atoms with Gasteiger partial charge in [0.1, 0.15) is 5.69 Å². The van der Waals surface area contributed by atoms with Gasteiger partial charge in [-0.05, 0) is 18.2 Å². The van der Waals surface area contributed by atoms with Crippen LogP contribution in [0.4, 0.5) is 0 Å². The molecule has 1 aromatic carbocycles. The number of aromatic nitrogens is 1. The predicted octanol–water partition coefficient (Wildman–Crippen LogP) is 1.55. The van der Waals surface area contributed by atoms with E-state index < -0.39 is 10.0 Å². The van der Waals surface area contributed by atoms with Gasteiger partial charge < -0.3 is 9.47 Å². The first-order valence-electron chi connectivity index (χ1n) is 7.27. The van der Waals surface area contributed by atoms with Crippen molar-refractivity contribution in [2.45, 2.75) is 0 Å². The van der Waals surface area contributed by atoms with Crippen LogP contribution in [-0.2, 0) is 17.1 Å². The molecule has 0 atom stereocenters. The third-order valence-corrected chi connectivity index (χ3v) is 5.88. The highest BCUT2D eigenvalue weighted by molar-refractivity contribution is 7.88. The largest absolute Gasteiger partial charge is 0.340 e. The summed E-state index contributed by atoms with van der Waals surface area (Å²) in [5.74, 6) is -0.104. The van der Waals surface area contributed by atoms with E-state index in [1.54, 1.807) is 17.0 Å². The number of piperazine rings is 1. The van der Waals surface area contributed by atoms with Crippen LogP contribution in [0.25, 0.3) is 10.9 Å². The molecular formula is C15H18ClN3O3S. The fraction of sp³-hybridized carbons (Fsp3) is 0.400. The summed E-state index contributed by atoms with van der Waals surface area (Å²) in [6.45, 7) is 1.44. The highest BCUT2D eigenvalue weighted by Crippen LogP contribution is 2.27. The molecule has 2 heterocycles. The highest BCUT2D eigenvalue weighted by atomic mass is 35.5. The first-order valence-corrected chi connectivity index (χ1v) is 9.50. The lowest BCUT2D eigenvalue weighted by Crippen LogP contribution is -2.50. The topological polar surface area (TPSA) is 62.6 Å². The molecule has 1 aliphatic rings. The SMILES string of the molecule is Cn1c(C(=O)N2CCN(S(C)(=O)=O)CC2)cc2c(Cl)cccc21. The number of nitrogens with zero attached hydrogens (tertiary/aromatic N) is 3. The second kappa shape index (κ2) is 5.81. The van der Waals surface area contributed by atoms with Crippen molar-refractivity contribution in [1.82, 2.24) is 13.8 Å². The van der Waals surface area contributed by atoms with Crippen molar-refractivity contribution in [3.63, 3.8) is 0 Å². The van der Waals surface area contributed by atoms with Crippen LogP contribution in [0.5, 0.6) is 0 Å². The Hall–Kier alpha value is -1.57. The van der Waals surface area contributed by atoms with Crippen LogP contribution in [0.1, 0.15) is 10.5 Å². The highest BCUT2D eigenvalue weighted by Gasteiger charge is 2.28. The van der Waals surface area contributed by atoms with Gasteiger partial charge in [-0.1, -0.05) is 17.7 Å². The molecule has 1 fully saturated rings. The second-order valence-corrected chi connectivity index (χ2v) is 8.11. The fourth-order valence-electron chi connectivity index (χ4n) is 2.91. The maximum Gasteiger partial charge on any atom is 0.270 e. The summed E-state index contributed by atoms with van der Waals surface area (Å²) in [6.07, 6.45) is 1.19. The van der Waals surface area contributed by atoms with E-state index in [0.717, 1.165) is 10.9 Å². The summed E-state index contributed by atoms with van der Waals surface area (Å²) < 4.78 is 26.3. The standard InChI is InChI=1S/C15H18ClN3O3S/c1-17-13-5-3-4-12(16)11(13)10-14(17)15(20)18-6-8-19(9-7-18)23(2,21)22/h3-5,10H,6-9H2,1-2H3. The number of aryl methyl sites for hydroxylation is 1. The first kappa shape index (κ1) is 16.3. The van der Waals surface area contributed by atoms with Crippen molar-refractivity contribution >= 4 is 38.4 Å². The van der Waals surface area contributed by atoms with Crippen LogP contribution in [-0.4, -0.2) is 60.5 Å². The van der Waals surface area contributed by atoms with Crippen LogP contribution >= 0.6 is 11.6 Å². The lowest BCUT2D eigenvalue weighted by Gasteiger charge is -2.33. The third kappa shape index (κ3) is 2.96. The maximum atomic E-state index is 12.8. The zero-order chi connectivity index (χ0) is 16.8. The Morgan fingerprint density at radius 1 is 1.17 bits per heavy atom. The average Bonchev–Trinajstić information content (AvgIpc) is 2.85. The minimum absolute atomic E-state index is 0.104. The van der Waals surface area contributed by atoms with Gasteiger partial charge in [0.05, 0.1) is 6.26 Å². The Morgan fingerprint density at radius 3 is 2.39 bits per heavy atom. The van der Waals surface area contributed by atoms with Crippen molar-refractivity contribution in [2.24, 2.45) is 7.05 Å². The van der Waals surface area contributed by atoms with Crippen molar-refractivity contribution in [1.29, 1.82) is 0 Å². The van der Waals surface area contributed by atoms with E-state index in [0.29, 0.717) is 36.9 Å². The van der Waals surface area contributed by atoms with Gasteiger partial charge in [-0.15, -0.1) is 0 Å². The van der Waals surface area contributed by atoms with Crippen LogP contribution in [0, 0.1) is 0 Å². The van der Waals surface area contributed by atoms with Crippen molar-refractivity contribution in [3.8, 4) is 0 Å². The van der Waals surface area contributed by atoms with Crippen LogP contribution in [0.2, 0.25) is 5.02 Å². The Bertz CT molecular complexity index is 867. The molecule has 0 spiro atoms. The normalized spacial score (nSPS) is 16.9. The van der Waals surface area contributed by atoms with E-state index in [2.05, 4.69) is 0 Å². The molecule has 0 bridgehead atoms. The van der Waals surface area contributed by atoms with E-state index in [9.17, 15) is 13.2 Å². The monoisotopic (exact) mass is 355 g/mol. The number of carbonyl (C=O) groups excluding carboxylic acids is 1. The number of amides is 1. The third-order valence-electron chi connectivity index (χ3n) is 4.25. The molecular weight excluding hydrogens is 338 g/mol. The van der Waals surface area contributed by atoms with E-state index in [4.69, 9.17) is 11.6 Å². The molecule has 23 heavy (non-hydrogen) atoms. The number of rotatable bonds is 2. The van der Waals surface area contributed by atoms with E-state index in [-0.39, 0.29) is 5.91 Å². The van der Waals surface area contributed by atoms with Gasteiger partial charge in [0.15, 0.2) is 0 Å². The van der Waals surface area contributed by atoms with Crippen molar-refractivity contribution in [3.05, 3.63) is 35.0 Å². The molecule has 0 unspecified atom stereocenters. The number of halogens is 1. The number of carbonyl (C=O) groups is 1. The molecule has 1 aromatic heterocycles. The van der Waals surface area contributed by atoms with Gasteiger partial charge in [-0.25, -0.2) is 8.42 Å². The van der Waals surface area contributed by atoms with Crippen LogP contribution in [0.3, 0.4) is 0 Å². The average molecular weight is 356 g/mol. The minimum Gasteiger partial charge on any atom is -0.340 e. The molecule has 1 amide bonds. The van der Waals surface area contributed by atoms with Gasteiger partial charge in [-0.3, -0.25) is 4.79 Å². The lowest BCUT2D eigenvalue weighted by atomic mass is 10.2. The first-order chi connectivity index (χ1) is 10.8. The Morgan fingerprint density at radius 2 is 1.83 bits per heavy atom. The number of hydrogen-bond donors (Lipinski definition) is 0. The predicted molar refractivity (Wildman–Crippen MR) is 90.2 cm³/mol. The van der Waals surface area contributed by atoms with E-state index in [1.807, 2.05) is 23.7 Å². The van der Waals surface area contributed by atoms with Gasteiger partial charge in [0, 0.05) is 49.2 Å². The molecule has 0 N–H and O–H groups in total. The quantitative estimate of drug-likeness (QED) is 0.821. The van der Waals surface area contributed by atoms with Gasteiger partial charge in [-0.2, -0.15) is 4.31 Å². The van der Waals surface area contributed by atoms with Gasteiger partial charge in [0.25, 0.3) is 5.91 Å². The Balaban J connectivity index is 1.85. The second-order valence-electron chi connectivity index (χ2n) is 5.72. The molecule has 6 nitrogen and oxygen atoms in total.